The average Bonchev–Trinajstić information content (AvgIpc) is 3.65. The van der Waals surface area contributed by atoms with Crippen molar-refractivity contribution < 1.29 is 0 Å². The molecule has 0 saturated heterocycles. The first kappa shape index (κ1) is 33.6. The third-order valence-corrected chi connectivity index (χ3v) is 12.6. The molecule has 0 bridgehead atoms. The summed E-state index contributed by atoms with van der Waals surface area (Å²) in [6.07, 6.45) is 24.5. The summed E-state index contributed by atoms with van der Waals surface area (Å²) >= 11 is 0. The van der Waals surface area contributed by atoms with Crippen LogP contribution in [0, 0.1) is 5.92 Å². The monoisotopic (exact) mass is 713 g/mol. The number of benzene rings is 4. The van der Waals surface area contributed by atoms with Crippen LogP contribution in [0.5, 0.6) is 0 Å². The molecule has 4 aliphatic rings. The molecule has 0 radical (unpaired) electrons. The standard InChI is InChI=1S/C52H47N3/c1-35-16-26-45-46-32-38(21-27-49(46)54(50(45)31-35)40-12-6-5-7-13-40)36-17-22-41(23-18-36)55(42-24-19-37(20-25-42)39-11-10-30-53-34-39)52(4)29-28-44-43-14-8-9-15-47(43)51(2,3)48(44)33-52/h5-6,8-12,14-28,30,32-35H,7,13,29,31H2,1-4H3. The second-order valence-corrected chi connectivity index (χ2v) is 16.7. The van der Waals surface area contributed by atoms with Crippen LogP contribution >= 0.6 is 0 Å². The van der Waals surface area contributed by atoms with Gasteiger partial charge in [0.05, 0.1) is 11.1 Å². The Morgan fingerprint density at radius 3 is 2.27 bits per heavy atom. The van der Waals surface area contributed by atoms with Crippen molar-refractivity contribution in [3.8, 4) is 22.3 Å². The zero-order valence-electron chi connectivity index (χ0n) is 32.3. The molecule has 0 N–H and O–H groups in total. The molecule has 3 heteroatoms. The van der Waals surface area contributed by atoms with Gasteiger partial charge in [-0.15, -0.1) is 0 Å². The quantitative estimate of drug-likeness (QED) is 0.171. The zero-order chi connectivity index (χ0) is 37.3. The highest BCUT2D eigenvalue weighted by Gasteiger charge is 2.43. The molecule has 270 valence electrons. The van der Waals surface area contributed by atoms with Gasteiger partial charge in [0, 0.05) is 51.5 Å². The fourth-order valence-electron chi connectivity index (χ4n) is 9.75. The lowest BCUT2D eigenvalue weighted by Gasteiger charge is -2.44. The van der Waals surface area contributed by atoms with Crippen molar-refractivity contribution in [3.63, 3.8) is 0 Å². The van der Waals surface area contributed by atoms with E-state index < -0.39 is 0 Å². The Bertz CT molecular complexity index is 2630. The first-order valence-electron chi connectivity index (χ1n) is 19.9. The summed E-state index contributed by atoms with van der Waals surface area (Å²) in [5.74, 6) is 0.538. The smallest absolute Gasteiger partial charge is 0.0646 e. The topological polar surface area (TPSA) is 21.1 Å². The van der Waals surface area contributed by atoms with E-state index in [1.165, 1.54) is 78.2 Å². The van der Waals surface area contributed by atoms with Crippen LogP contribution in [0.1, 0.15) is 69.3 Å². The van der Waals surface area contributed by atoms with Crippen LogP contribution < -0.4 is 4.90 Å². The minimum atomic E-state index is -0.289. The van der Waals surface area contributed by atoms with Crippen molar-refractivity contribution >= 4 is 39.6 Å². The molecule has 6 aromatic rings. The maximum absolute atomic E-state index is 4.37. The summed E-state index contributed by atoms with van der Waals surface area (Å²) in [6, 6.07) is 38.5. The van der Waals surface area contributed by atoms with Crippen molar-refractivity contribution in [2.24, 2.45) is 5.92 Å². The summed E-state index contributed by atoms with van der Waals surface area (Å²) < 4.78 is 2.56. The Balaban J connectivity index is 1.06. The number of pyridine rings is 1. The lowest BCUT2D eigenvalue weighted by atomic mass is 9.76. The second kappa shape index (κ2) is 12.8. The maximum atomic E-state index is 4.37. The molecule has 0 fully saturated rings. The molecule has 4 aromatic carbocycles. The highest BCUT2D eigenvalue weighted by molar-refractivity contribution is 5.97. The number of aromatic nitrogens is 2. The van der Waals surface area contributed by atoms with Crippen molar-refractivity contribution in [1.29, 1.82) is 0 Å². The molecule has 3 nitrogen and oxygen atoms in total. The van der Waals surface area contributed by atoms with Gasteiger partial charge in [-0.05, 0) is 132 Å². The van der Waals surface area contributed by atoms with Crippen LogP contribution in [0.15, 0.2) is 158 Å². The fraction of sp³-hybridized carbons (Fsp3) is 0.212. The largest absolute Gasteiger partial charge is 0.332 e. The molecule has 0 saturated carbocycles. The normalized spacial score (nSPS) is 20.7. The molecule has 0 spiro atoms. The van der Waals surface area contributed by atoms with E-state index >= 15 is 0 Å². The average molecular weight is 714 g/mol. The van der Waals surface area contributed by atoms with Gasteiger partial charge in [-0.25, -0.2) is 0 Å². The molecule has 2 unspecified atom stereocenters. The van der Waals surface area contributed by atoms with Crippen LogP contribution in [-0.4, -0.2) is 15.1 Å². The van der Waals surface area contributed by atoms with Crippen LogP contribution in [0.25, 0.3) is 50.5 Å². The van der Waals surface area contributed by atoms with Gasteiger partial charge in [0.2, 0.25) is 0 Å². The first-order valence-corrected chi connectivity index (χ1v) is 19.9. The van der Waals surface area contributed by atoms with E-state index in [0.717, 1.165) is 31.2 Å². The van der Waals surface area contributed by atoms with Gasteiger partial charge in [0.25, 0.3) is 0 Å². The SMILES string of the molecule is CC1C=Cc2c(n(C3=CC=CCC3)c3ccc(-c4ccc(N(c5ccc(-c6cccnc6)cc5)C5(C)C=C6C(=CC5)c5ccccc5C6(C)C)cc4)cc23)C1. The molecular weight excluding hydrogens is 667 g/mol. The molecule has 0 amide bonds. The number of fused-ring (bicyclic) bond motifs is 6. The first-order chi connectivity index (χ1) is 26.8. The van der Waals surface area contributed by atoms with Gasteiger partial charge in [0.1, 0.15) is 0 Å². The lowest BCUT2D eigenvalue weighted by Crippen LogP contribution is -2.43. The van der Waals surface area contributed by atoms with Gasteiger partial charge < -0.3 is 9.47 Å². The highest BCUT2D eigenvalue weighted by atomic mass is 15.2. The van der Waals surface area contributed by atoms with Crippen molar-refractivity contribution in [2.45, 2.75) is 64.3 Å². The highest BCUT2D eigenvalue weighted by Crippen LogP contribution is 2.54. The zero-order valence-corrected chi connectivity index (χ0v) is 32.3. The van der Waals surface area contributed by atoms with E-state index in [9.17, 15) is 0 Å². The van der Waals surface area contributed by atoms with Gasteiger partial charge in [0.15, 0.2) is 0 Å². The molecule has 4 aliphatic carbocycles. The number of anilines is 2. The summed E-state index contributed by atoms with van der Waals surface area (Å²) in [5.41, 5.74) is 17.9. The van der Waals surface area contributed by atoms with Crippen molar-refractivity contribution in [3.05, 3.63) is 180 Å². The number of hydrogen-bond acceptors (Lipinski definition) is 2. The Labute approximate surface area is 325 Å². The molecular formula is C52H47N3. The summed E-state index contributed by atoms with van der Waals surface area (Å²) in [5, 5.41) is 1.34. The van der Waals surface area contributed by atoms with Gasteiger partial charge in [-0.2, -0.15) is 0 Å². The summed E-state index contributed by atoms with van der Waals surface area (Å²) in [7, 11) is 0. The summed E-state index contributed by atoms with van der Waals surface area (Å²) in [6.45, 7) is 9.50. The molecule has 2 aromatic heterocycles. The molecule has 2 atom stereocenters. The lowest BCUT2D eigenvalue weighted by molar-refractivity contribution is 0.550. The Hall–Kier alpha value is -5.93. The van der Waals surface area contributed by atoms with Crippen molar-refractivity contribution in [2.75, 3.05) is 4.90 Å². The third-order valence-electron chi connectivity index (χ3n) is 12.6. The van der Waals surface area contributed by atoms with Crippen LogP contribution in [0.4, 0.5) is 11.4 Å². The molecule has 2 heterocycles. The van der Waals surface area contributed by atoms with E-state index in [2.05, 4.69) is 182 Å². The van der Waals surface area contributed by atoms with E-state index in [-0.39, 0.29) is 11.0 Å². The summed E-state index contributed by atoms with van der Waals surface area (Å²) in [4.78, 5) is 6.93. The number of hydrogen-bond donors (Lipinski definition) is 0. The van der Waals surface area contributed by atoms with E-state index in [4.69, 9.17) is 0 Å². The molecule has 10 rings (SSSR count). The van der Waals surface area contributed by atoms with Gasteiger partial charge >= 0.3 is 0 Å². The number of rotatable bonds is 6. The van der Waals surface area contributed by atoms with Gasteiger partial charge in [-0.1, -0.05) is 118 Å². The van der Waals surface area contributed by atoms with E-state index in [1.54, 1.807) is 0 Å². The Kier molecular flexibility index (Phi) is 7.85. The number of nitrogens with zero attached hydrogens (tertiary/aromatic N) is 3. The predicted octanol–water partition coefficient (Wildman–Crippen LogP) is 13.4. The number of allylic oxidation sites excluding steroid dienone is 7. The molecule has 55 heavy (non-hydrogen) atoms. The van der Waals surface area contributed by atoms with Crippen LogP contribution in [0.2, 0.25) is 0 Å². The van der Waals surface area contributed by atoms with E-state index in [0.29, 0.717) is 5.92 Å². The van der Waals surface area contributed by atoms with Gasteiger partial charge in [-0.3, -0.25) is 4.98 Å². The Morgan fingerprint density at radius 2 is 1.55 bits per heavy atom. The minimum Gasteiger partial charge on any atom is -0.332 e. The second-order valence-electron chi connectivity index (χ2n) is 16.7. The van der Waals surface area contributed by atoms with Crippen molar-refractivity contribution in [1.82, 2.24) is 9.55 Å². The fourth-order valence-corrected chi connectivity index (χ4v) is 9.75. The van der Waals surface area contributed by atoms with Crippen LogP contribution in [0.3, 0.4) is 0 Å². The third kappa shape index (κ3) is 5.51. The van der Waals surface area contributed by atoms with E-state index in [1.807, 2.05) is 18.5 Å². The predicted molar refractivity (Wildman–Crippen MR) is 232 cm³/mol. The molecule has 0 aliphatic heterocycles. The maximum Gasteiger partial charge on any atom is 0.0646 e. The Morgan fingerprint density at radius 1 is 0.800 bits per heavy atom. The van der Waals surface area contributed by atoms with Crippen LogP contribution in [-0.2, 0) is 11.8 Å². The minimum absolute atomic E-state index is 0.0714.